The monoisotopic (exact) mass is 539 g/mol. The molecule has 0 atom stereocenters. The van der Waals surface area contributed by atoms with Gasteiger partial charge in [-0.15, -0.1) is 11.3 Å². The van der Waals surface area contributed by atoms with Gasteiger partial charge in [-0.3, -0.25) is 14.3 Å². The fourth-order valence-electron chi connectivity index (χ4n) is 3.59. The zero-order valence-corrected chi connectivity index (χ0v) is 22.4. The van der Waals surface area contributed by atoms with Crippen molar-refractivity contribution in [1.29, 1.82) is 0 Å². The number of pyridine rings is 2. The van der Waals surface area contributed by atoms with Crippen LogP contribution in [0.1, 0.15) is 53.1 Å². The van der Waals surface area contributed by atoms with E-state index in [1.807, 2.05) is 51.4 Å². The lowest BCUT2D eigenvalue weighted by molar-refractivity contribution is 0.298. The predicted octanol–water partition coefficient (Wildman–Crippen LogP) is 5.84. The number of thiazole rings is 1. The molecule has 0 aromatic carbocycles. The summed E-state index contributed by atoms with van der Waals surface area (Å²) in [5.74, 6) is 1.45. The van der Waals surface area contributed by atoms with Crippen molar-refractivity contribution in [2.75, 3.05) is 0 Å². The lowest BCUT2D eigenvalue weighted by atomic mass is 10.1. The van der Waals surface area contributed by atoms with Crippen molar-refractivity contribution in [3.05, 3.63) is 78.1 Å². The SMILES string of the molecule is Cc1nc(COc2cc(C)n(-c3cc(-c4nc(C(C)C)ncc4C)ncc3C)c(=O)c2Br)cs1. The molecule has 4 aromatic heterocycles. The standard InChI is InChI=1S/C25H26BrN5O2S/c1-13(2)24-28-10-15(4)23(30-24)19-8-20(14(3)9-27-19)31-16(5)7-21(22(26)25(31)32)33-11-18-12-34-17(6)29-18/h7-10,12-13H,11H2,1-6H3. The summed E-state index contributed by atoms with van der Waals surface area (Å²) in [5, 5.41) is 2.94. The number of halogens is 1. The number of rotatable bonds is 6. The average Bonchev–Trinajstić information content (AvgIpc) is 3.22. The van der Waals surface area contributed by atoms with E-state index in [4.69, 9.17) is 9.72 Å². The van der Waals surface area contributed by atoms with Gasteiger partial charge in [-0.05, 0) is 60.8 Å². The van der Waals surface area contributed by atoms with Crippen molar-refractivity contribution < 1.29 is 4.74 Å². The minimum atomic E-state index is -0.202. The number of hydrogen-bond acceptors (Lipinski definition) is 7. The van der Waals surface area contributed by atoms with E-state index in [9.17, 15) is 4.79 Å². The first-order valence-electron chi connectivity index (χ1n) is 10.9. The normalized spacial score (nSPS) is 11.3. The van der Waals surface area contributed by atoms with Gasteiger partial charge < -0.3 is 4.74 Å². The highest BCUT2D eigenvalue weighted by molar-refractivity contribution is 9.10. The Hall–Kier alpha value is -2.91. The van der Waals surface area contributed by atoms with E-state index in [2.05, 4.69) is 44.7 Å². The lowest BCUT2D eigenvalue weighted by Gasteiger charge is -2.17. The third-order valence-corrected chi connectivity index (χ3v) is 6.96. The average molecular weight is 540 g/mol. The van der Waals surface area contributed by atoms with Gasteiger partial charge in [0.15, 0.2) is 0 Å². The van der Waals surface area contributed by atoms with Crippen LogP contribution in [0.5, 0.6) is 5.75 Å². The van der Waals surface area contributed by atoms with Gasteiger partial charge in [-0.1, -0.05) is 13.8 Å². The van der Waals surface area contributed by atoms with E-state index in [0.29, 0.717) is 22.5 Å². The number of hydrogen-bond donors (Lipinski definition) is 0. The number of aryl methyl sites for hydroxylation is 4. The van der Waals surface area contributed by atoms with Crippen LogP contribution in [-0.2, 0) is 6.61 Å². The Morgan fingerprint density at radius 2 is 1.79 bits per heavy atom. The minimum absolute atomic E-state index is 0.200. The van der Waals surface area contributed by atoms with Gasteiger partial charge in [0.25, 0.3) is 5.56 Å². The Labute approximate surface area is 211 Å². The Kier molecular flexibility index (Phi) is 6.95. The fourth-order valence-corrected chi connectivity index (χ4v) is 4.59. The first-order valence-corrected chi connectivity index (χ1v) is 12.6. The van der Waals surface area contributed by atoms with Gasteiger partial charge in [0.2, 0.25) is 0 Å². The highest BCUT2D eigenvalue weighted by Gasteiger charge is 2.18. The molecular formula is C25H26BrN5O2S. The molecule has 0 aliphatic carbocycles. The van der Waals surface area contributed by atoms with Gasteiger partial charge in [-0.2, -0.15) is 0 Å². The molecule has 0 fully saturated rings. The highest BCUT2D eigenvalue weighted by atomic mass is 79.9. The zero-order valence-electron chi connectivity index (χ0n) is 20.0. The van der Waals surface area contributed by atoms with Crippen molar-refractivity contribution in [1.82, 2.24) is 24.5 Å². The van der Waals surface area contributed by atoms with E-state index < -0.39 is 0 Å². The third-order valence-electron chi connectivity index (χ3n) is 5.41. The van der Waals surface area contributed by atoms with E-state index in [0.717, 1.165) is 44.7 Å². The Balaban J connectivity index is 1.76. The second-order valence-corrected chi connectivity index (χ2v) is 10.4. The van der Waals surface area contributed by atoms with Crippen LogP contribution in [-0.4, -0.2) is 24.5 Å². The van der Waals surface area contributed by atoms with Crippen LogP contribution < -0.4 is 10.3 Å². The molecule has 4 aromatic rings. The molecular weight excluding hydrogens is 514 g/mol. The summed E-state index contributed by atoms with van der Waals surface area (Å²) in [5.41, 5.74) is 5.41. The van der Waals surface area contributed by atoms with Gasteiger partial charge in [0.05, 0.1) is 27.8 Å². The maximum Gasteiger partial charge on any atom is 0.273 e. The fraction of sp³-hybridized carbons (Fsp3) is 0.320. The van der Waals surface area contributed by atoms with Crippen molar-refractivity contribution in [2.45, 2.75) is 54.1 Å². The zero-order chi connectivity index (χ0) is 24.6. The summed E-state index contributed by atoms with van der Waals surface area (Å²) in [6.45, 7) is 12.2. The van der Waals surface area contributed by atoms with Crippen LogP contribution >= 0.6 is 27.3 Å². The number of ether oxygens (including phenoxy) is 1. The van der Waals surface area contributed by atoms with Crippen LogP contribution in [0.25, 0.3) is 17.1 Å². The molecule has 0 amide bonds. The van der Waals surface area contributed by atoms with E-state index in [-0.39, 0.29) is 11.5 Å². The summed E-state index contributed by atoms with van der Waals surface area (Å²) in [7, 11) is 0. The van der Waals surface area contributed by atoms with Crippen LogP contribution in [0, 0.1) is 27.7 Å². The minimum Gasteiger partial charge on any atom is -0.486 e. The van der Waals surface area contributed by atoms with Gasteiger partial charge in [0, 0.05) is 35.5 Å². The van der Waals surface area contributed by atoms with Crippen LogP contribution in [0.3, 0.4) is 0 Å². The quantitative estimate of drug-likeness (QED) is 0.306. The Morgan fingerprint density at radius 1 is 1.06 bits per heavy atom. The molecule has 0 saturated carbocycles. The molecule has 0 unspecified atom stereocenters. The molecule has 9 heteroatoms. The summed E-state index contributed by atoms with van der Waals surface area (Å²) in [6.07, 6.45) is 3.60. The summed E-state index contributed by atoms with van der Waals surface area (Å²) in [4.78, 5) is 31.6. The van der Waals surface area contributed by atoms with Crippen molar-refractivity contribution in [2.24, 2.45) is 0 Å². The molecule has 0 saturated heterocycles. The molecule has 0 aliphatic heterocycles. The maximum absolute atomic E-state index is 13.4. The second kappa shape index (κ2) is 9.76. The molecule has 0 spiro atoms. The molecule has 7 nitrogen and oxygen atoms in total. The molecule has 34 heavy (non-hydrogen) atoms. The molecule has 4 rings (SSSR count). The molecule has 0 N–H and O–H groups in total. The van der Waals surface area contributed by atoms with Crippen molar-refractivity contribution >= 4 is 27.3 Å². The maximum atomic E-state index is 13.4. The van der Waals surface area contributed by atoms with Gasteiger partial charge in [-0.25, -0.2) is 15.0 Å². The summed E-state index contributed by atoms with van der Waals surface area (Å²) < 4.78 is 7.95. The largest absolute Gasteiger partial charge is 0.486 e. The third kappa shape index (κ3) is 4.81. The predicted molar refractivity (Wildman–Crippen MR) is 138 cm³/mol. The van der Waals surface area contributed by atoms with Crippen molar-refractivity contribution in [3.63, 3.8) is 0 Å². The summed E-state index contributed by atoms with van der Waals surface area (Å²) >= 11 is 5.02. The van der Waals surface area contributed by atoms with E-state index in [1.54, 1.807) is 22.1 Å². The van der Waals surface area contributed by atoms with E-state index >= 15 is 0 Å². The molecule has 0 radical (unpaired) electrons. The first kappa shape index (κ1) is 24.2. The lowest BCUT2D eigenvalue weighted by Crippen LogP contribution is -2.23. The second-order valence-electron chi connectivity index (χ2n) is 8.52. The highest BCUT2D eigenvalue weighted by Crippen LogP contribution is 2.28. The van der Waals surface area contributed by atoms with Crippen molar-refractivity contribution in [3.8, 4) is 22.8 Å². The molecule has 0 aliphatic rings. The number of aromatic nitrogens is 5. The molecule has 0 bridgehead atoms. The topological polar surface area (TPSA) is 82.8 Å². The molecule has 176 valence electrons. The first-order chi connectivity index (χ1) is 16.2. The van der Waals surface area contributed by atoms with Gasteiger partial charge >= 0.3 is 0 Å². The van der Waals surface area contributed by atoms with E-state index in [1.165, 1.54) is 0 Å². The molecule has 4 heterocycles. The number of nitrogens with zero attached hydrogens (tertiary/aromatic N) is 5. The Morgan fingerprint density at radius 3 is 2.47 bits per heavy atom. The van der Waals surface area contributed by atoms with Crippen LogP contribution in [0.15, 0.2) is 39.2 Å². The van der Waals surface area contributed by atoms with Crippen LogP contribution in [0.2, 0.25) is 0 Å². The Bertz CT molecular complexity index is 1430. The van der Waals surface area contributed by atoms with Gasteiger partial charge in [0.1, 0.15) is 22.7 Å². The summed E-state index contributed by atoms with van der Waals surface area (Å²) in [6, 6.07) is 3.77. The van der Waals surface area contributed by atoms with Crippen LogP contribution in [0.4, 0.5) is 0 Å². The smallest absolute Gasteiger partial charge is 0.273 e.